The first kappa shape index (κ1) is 11.8. The van der Waals surface area contributed by atoms with Crippen LogP contribution in [0.2, 0.25) is 0 Å². The lowest BCUT2D eigenvalue weighted by Gasteiger charge is -2.34. The van der Waals surface area contributed by atoms with Gasteiger partial charge in [0.1, 0.15) is 6.67 Å². The Balaban J connectivity index is 4.22. The zero-order chi connectivity index (χ0) is 9.99. The molecule has 0 aliphatic heterocycles. The maximum absolute atomic E-state index is 12.1. The van der Waals surface area contributed by atoms with Gasteiger partial charge in [0.2, 0.25) is 0 Å². The van der Waals surface area contributed by atoms with Crippen LogP contribution in [0.1, 0.15) is 34.1 Å². The van der Waals surface area contributed by atoms with E-state index >= 15 is 0 Å². The van der Waals surface area contributed by atoms with Crippen LogP contribution in [0.15, 0.2) is 0 Å². The molecule has 0 aliphatic rings. The Hall–Kier alpha value is -0.150. The molecule has 74 valence electrons. The lowest BCUT2D eigenvalue weighted by atomic mass is 9.78. The molecule has 1 unspecified atom stereocenters. The van der Waals surface area contributed by atoms with E-state index in [1.54, 1.807) is 27.7 Å². The van der Waals surface area contributed by atoms with Gasteiger partial charge < -0.3 is 10.2 Å². The summed E-state index contributed by atoms with van der Waals surface area (Å²) in [5, 5.41) is 18.7. The molecule has 0 saturated heterocycles. The molecule has 12 heavy (non-hydrogen) atoms. The number of hydrogen-bond donors (Lipinski definition) is 2. The molecule has 0 aromatic rings. The minimum absolute atomic E-state index is 0.380. The van der Waals surface area contributed by atoms with Gasteiger partial charge in [-0.2, -0.15) is 0 Å². The van der Waals surface area contributed by atoms with E-state index in [0.717, 1.165) is 0 Å². The van der Waals surface area contributed by atoms with Crippen molar-refractivity contribution in [2.75, 3.05) is 6.67 Å². The Bertz CT molecular complexity index is 138. The predicted molar refractivity (Wildman–Crippen MR) is 46.7 cm³/mol. The van der Waals surface area contributed by atoms with Gasteiger partial charge in [0.15, 0.2) is 0 Å². The third-order valence-electron chi connectivity index (χ3n) is 1.94. The summed E-state index contributed by atoms with van der Waals surface area (Å²) < 4.78 is 12.1. The van der Waals surface area contributed by atoms with Crippen LogP contribution in [0.5, 0.6) is 0 Å². The van der Waals surface area contributed by atoms with Gasteiger partial charge in [0.05, 0.1) is 11.7 Å². The second-order valence-corrected chi connectivity index (χ2v) is 4.65. The number of halogens is 1. The van der Waals surface area contributed by atoms with E-state index in [-0.39, 0.29) is 0 Å². The molecule has 0 aliphatic carbocycles. The minimum Gasteiger partial charge on any atom is -0.390 e. The van der Waals surface area contributed by atoms with Crippen molar-refractivity contribution in [3.8, 4) is 0 Å². The molecule has 0 rings (SSSR count). The zero-order valence-electron chi connectivity index (χ0n) is 8.26. The summed E-state index contributed by atoms with van der Waals surface area (Å²) in [4.78, 5) is 0. The van der Waals surface area contributed by atoms with Gasteiger partial charge in [-0.1, -0.05) is 13.8 Å². The lowest BCUT2D eigenvalue weighted by Crippen LogP contribution is -2.38. The fraction of sp³-hybridized carbons (Fsp3) is 1.00. The number of alkyl halides is 1. The molecule has 0 aromatic carbocycles. The molecular formula is C9H19FO2. The smallest absolute Gasteiger partial charge is 0.116 e. The molecule has 0 amide bonds. The lowest BCUT2D eigenvalue weighted by molar-refractivity contribution is -0.0355. The topological polar surface area (TPSA) is 40.5 Å². The first-order valence-corrected chi connectivity index (χ1v) is 4.15. The predicted octanol–water partition coefficient (Wildman–Crippen LogP) is 1.50. The fourth-order valence-electron chi connectivity index (χ4n) is 1.44. The molecule has 0 radical (unpaired) electrons. The Kier molecular flexibility index (Phi) is 3.66. The van der Waals surface area contributed by atoms with E-state index in [4.69, 9.17) is 0 Å². The third-order valence-corrected chi connectivity index (χ3v) is 1.94. The molecule has 3 heteroatoms. The van der Waals surface area contributed by atoms with Crippen LogP contribution in [0.3, 0.4) is 0 Å². The highest BCUT2D eigenvalue weighted by Crippen LogP contribution is 2.31. The van der Waals surface area contributed by atoms with Crippen LogP contribution < -0.4 is 0 Å². The molecule has 1 atom stereocenters. The van der Waals surface area contributed by atoms with Gasteiger partial charge in [0, 0.05) is 0 Å². The van der Waals surface area contributed by atoms with Crippen LogP contribution >= 0.6 is 0 Å². The van der Waals surface area contributed by atoms with Crippen molar-refractivity contribution in [3.05, 3.63) is 0 Å². The van der Waals surface area contributed by atoms with Crippen LogP contribution in [0.4, 0.5) is 4.39 Å². The zero-order valence-corrected chi connectivity index (χ0v) is 8.26. The average Bonchev–Trinajstić information content (AvgIpc) is 1.80. The van der Waals surface area contributed by atoms with Crippen LogP contribution in [-0.2, 0) is 0 Å². The van der Waals surface area contributed by atoms with E-state index in [1.807, 2.05) is 0 Å². The molecule has 0 aromatic heterocycles. The quantitative estimate of drug-likeness (QED) is 0.685. The number of aliphatic hydroxyl groups is 2. The number of aliphatic hydroxyl groups excluding tert-OH is 1. The van der Waals surface area contributed by atoms with Crippen molar-refractivity contribution < 1.29 is 14.6 Å². The third kappa shape index (κ3) is 4.02. The molecule has 0 heterocycles. The SMILES string of the molecule is CC(C)(O)CC(C)(C)C(O)CF. The molecule has 2 nitrogen and oxygen atoms in total. The van der Waals surface area contributed by atoms with Crippen molar-refractivity contribution in [1.29, 1.82) is 0 Å². The summed E-state index contributed by atoms with van der Waals surface area (Å²) in [6, 6.07) is 0. The van der Waals surface area contributed by atoms with Gasteiger partial charge >= 0.3 is 0 Å². The molecule has 0 spiro atoms. The summed E-state index contributed by atoms with van der Waals surface area (Å²) in [6.45, 7) is 6.03. The molecule has 2 N–H and O–H groups in total. The van der Waals surface area contributed by atoms with Gasteiger partial charge in [-0.05, 0) is 25.7 Å². The summed E-state index contributed by atoms with van der Waals surface area (Å²) in [5.41, 5.74) is -1.44. The Morgan fingerprint density at radius 3 is 1.92 bits per heavy atom. The summed E-state index contributed by atoms with van der Waals surface area (Å²) in [5.74, 6) is 0. The van der Waals surface area contributed by atoms with Crippen molar-refractivity contribution in [2.24, 2.45) is 5.41 Å². The van der Waals surface area contributed by atoms with E-state index in [0.29, 0.717) is 6.42 Å². The first-order chi connectivity index (χ1) is 5.19. The minimum atomic E-state index is -0.996. The second kappa shape index (κ2) is 3.71. The maximum atomic E-state index is 12.1. The van der Waals surface area contributed by atoms with E-state index in [1.165, 1.54) is 0 Å². The maximum Gasteiger partial charge on any atom is 0.116 e. The molecule has 0 saturated carbocycles. The summed E-state index contributed by atoms with van der Waals surface area (Å²) in [7, 11) is 0. The Labute approximate surface area is 73.4 Å². The normalized spacial score (nSPS) is 16.2. The number of rotatable bonds is 4. The largest absolute Gasteiger partial charge is 0.390 e. The summed E-state index contributed by atoms with van der Waals surface area (Å²) >= 11 is 0. The van der Waals surface area contributed by atoms with Gasteiger partial charge in [-0.3, -0.25) is 0 Å². The highest BCUT2D eigenvalue weighted by Gasteiger charge is 2.33. The van der Waals surface area contributed by atoms with Crippen LogP contribution in [0, 0.1) is 5.41 Å². The monoisotopic (exact) mass is 178 g/mol. The molecule has 0 fully saturated rings. The highest BCUT2D eigenvalue weighted by molar-refractivity contribution is 4.83. The van der Waals surface area contributed by atoms with Crippen LogP contribution in [0.25, 0.3) is 0 Å². The highest BCUT2D eigenvalue weighted by atomic mass is 19.1. The standard InChI is InChI=1S/C9H19FO2/c1-8(2,7(11)5-10)6-9(3,4)12/h7,11-12H,5-6H2,1-4H3. The first-order valence-electron chi connectivity index (χ1n) is 4.15. The molecular weight excluding hydrogens is 159 g/mol. The number of hydrogen-bond acceptors (Lipinski definition) is 2. The Morgan fingerprint density at radius 1 is 1.25 bits per heavy atom. The van der Waals surface area contributed by atoms with E-state index < -0.39 is 23.8 Å². The van der Waals surface area contributed by atoms with Crippen molar-refractivity contribution in [1.82, 2.24) is 0 Å². The summed E-state index contributed by atoms with van der Waals surface area (Å²) in [6.07, 6.45) is -0.616. The van der Waals surface area contributed by atoms with Gasteiger partial charge in [-0.15, -0.1) is 0 Å². The van der Waals surface area contributed by atoms with Gasteiger partial charge in [-0.25, -0.2) is 4.39 Å². The van der Waals surface area contributed by atoms with E-state index in [9.17, 15) is 14.6 Å². The van der Waals surface area contributed by atoms with Crippen molar-refractivity contribution in [3.63, 3.8) is 0 Å². The average molecular weight is 178 g/mol. The van der Waals surface area contributed by atoms with Gasteiger partial charge in [0.25, 0.3) is 0 Å². The van der Waals surface area contributed by atoms with Crippen molar-refractivity contribution in [2.45, 2.75) is 45.8 Å². The second-order valence-electron chi connectivity index (χ2n) is 4.65. The van der Waals surface area contributed by atoms with Crippen LogP contribution in [-0.4, -0.2) is 28.6 Å². The van der Waals surface area contributed by atoms with E-state index in [2.05, 4.69) is 0 Å². The molecule has 0 bridgehead atoms. The Morgan fingerprint density at radius 2 is 1.67 bits per heavy atom. The van der Waals surface area contributed by atoms with Crippen molar-refractivity contribution >= 4 is 0 Å². The fourth-order valence-corrected chi connectivity index (χ4v) is 1.44.